The average molecular weight is 359 g/mol. The van der Waals surface area contributed by atoms with Crippen LogP contribution in [0.5, 0.6) is 0 Å². The first-order valence-electron chi connectivity index (χ1n) is 8.49. The summed E-state index contributed by atoms with van der Waals surface area (Å²) in [5.74, 6) is 0.423. The summed E-state index contributed by atoms with van der Waals surface area (Å²) in [7, 11) is 0. The van der Waals surface area contributed by atoms with Crippen molar-refractivity contribution in [3.05, 3.63) is 84.5 Å². The van der Waals surface area contributed by atoms with Crippen LogP contribution in [0.15, 0.2) is 71.7 Å². The van der Waals surface area contributed by atoms with E-state index in [9.17, 15) is 4.79 Å². The van der Waals surface area contributed by atoms with Gasteiger partial charge in [0.25, 0.3) is 5.91 Å². The quantitative estimate of drug-likeness (QED) is 0.549. The Morgan fingerprint density at radius 1 is 1.04 bits per heavy atom. The van der Waals surface area contributed by atoms with Crippen LogP contribution >= 0.6 is 0 Å². The highest BCUT2D eigenvalue weighted by atomic mass is 16.3. The first-order valence-corrected chi connectivity index (χ1v) is 8.49. The van der Waals surface area contributed by atoms with E-state index in [2.05, 4.69) is 25.6 Å². The van der Waals surface area contributed by atoms with Crippen molar-refractivity contribution >= 4 is 22.5 Å². The summed E-state index contributed by atoms with van der Waals surface area (Å²) in [4.78, 5) is 25.5. The van der Waals surface area contributed by atoms with Crippen LogP contribution in [-0.2, 0) is 13.1 Å². The van der Waals surface area contributed by atoms with E-state index in [0.717, 1.165) is 16.8 Å². The number of carbonyl (C=O) groups is 1. The second kappa shape index (κ2) is 7.65. The summed E-state index contributed by atoms with van der Waals surface area (Å²) in [5, 5.41) is 6.94. The van der Waals surface area contributed by atoms with Gasteiger partial charge in [-0.1, -0.05) is 6.07 Å². The van der Waals surface area contributed by atoms with Crippen LogP contribution in [0.2, 0.25) is 0 Å². The highest BCUT2D eigenvalue weighted by Gasteiger charge is 2.11. The van der Waals surface area contributed by atoms with Crippen molar-refractivity contribution in [2.75, 3.05) is 5.32 Å². The van der Waals surface area contributed by atoms with E-state index in [1.54, 1.807) is 43.1 Å². The molecule has 4 rings (SSSR count). The Bertz CT molecular complexity index is 1050. The predicted molar refractivity (Wildman–Crippen MR) is 101 cm³/mol. The topological polar surface area (TPSA) is 92.9 Å². The molecule has 0 spiro atoms. The molecule has 7 nitrogen and oxygen atoms in total. The van der Waals surface area contributed by atoms with E-state index in [-0.39, 0.29) is 5.91 Å². The summed E-state index contributed by atoms with van der Waals surface area (Å²) in [6, 6.07) is 12.9. The normalized spacial score (nSPS) is 10.7. The Kier molecular flexibility index (Phi) is 4.74. The zero-order valence-electron chi connectivity index (χ0n) is 14.4. The zero-order chi connectivity index (χ0) is 18.5. The summed E-state index contributed by atoms with van der Waals surface area (Å²) in [6.07, 6.45) is 6.74. The number of hydrogen-bond donors (Lipinski definition) is 2. The maximum absolute atomic E-state index is 12.4. The Balaban J connectivity index is 1.54. The molecule has 0 bridgehead atoms. The molecule has 0 aromatic carbocycles. The summed E-state index contributed by atoms with van der Waals surface area (Å²) in [6.45, 7) is 0.852. The van der Waals surface area contributed by atoms with E-state index in [1.165, 1.54) is 0 Å². The number of amides is 1. The Labute approximate surface area is 155 Å². The lowest BCUT2D eigenvalue weighted by Gasteiger charge is -2.10. The Morgan fingerprint density at radius 3 is 2.81 bits per heavy atom. The third-order valence-corrected chi connectivity index (χ3v) is 4.02. The number of anilines is 1. The summed E-state index contributed by atoms with van der Waals surface area (Å²) >= 11 is 0. The molecule has 0 unspecified atom stereocenters. The molecule has 0 aliphatic heterocycles. The standard InChI is InChI=1S/C20H17N5O2/c26-20(24-12-16-5-3-9-27-16)17-7-6-14-10-21-13-18(19(14)25-17)23-11-15-4-1-2-8-22-15/h1-10,13,23H,11-12H2,(H,24,26). The van der Waals surface area contributed by atoms with Gasteiger partial charge in [-0.15, -0.1) is 0 Å². The number of furan rings is 1. The molecular formula is C20H17N5O2. The molecule has 4 heterocycles. The van der Waals surface area contributed by atoms with Crippen LogP contribution in [-0.4, -0.2) is 20.9 Å². The predicted octanol–water partition coefficient (Wildman–Crippen LogP) is 3.16. The van der Waals surface area contributed by atoms with Crippen molar-refractivity contribution in [2.45, 2.75) is 13.1 Å². The molecule has 0 aliphatic carbocycles. The summed E-state index contributed by atoms with van der Waals surface area (Å²) < 4.78 is 5.22. The fourth-order valence-corrected chi connectivity index (χ4v) is 2.66. The SMILES string of the molecule is O=C(NCc1ccco1)c1ccc2cncc(NCc3ccccn3)c2n1. The minimum Gasteiger partial charge on any atom is -0.467 e. The van der Waals surface area contributed by atoms with Gasteiger partial charge in [-0.2, -0.15) is 0 Å². The van der Waals surface area contributed by atoms with Gasteiger partial charge >= 0.3 is 0 Å². The number of pyridine rings is 3. The summed E-state index contributed by atoms with van der Waals surface area (Å²) in [5.41, 5.74) is 2.67. The fourth-order valence-electron chi connectivity index (χ4n) is 2.66. The maximum atomic E-state index is 12.4. The molecular weight excluding hydrogens is 342 g/mol. The van der Waals surface area contributed by atoms with Gasteiger partial charge in [-0.05, 0) is 36.4 Å². The molecule has 4 aromatic rings. The van der Waals surface area contributed by atoms with E-state index in [1.807, 2.05) is 24.3 Å². The number of fused-ring (bicyclic) bond motifs is 1. The van der Waals surface area contributed by atoms with Crippen LogP contribution in [0.3, 0.4) is 0 Å². The van der Waals surface area contributed by atoms with Crippen LogP contribution in [0.1, 0.15) is 21.9 Å². The van der Waals surface area contributed by atoms with E-state index in [0.29, 0.717) is 30.1 Å². The van der Waals surface area contributed by atoms with Crippen molar-refractivity contribution in [1.82, 2.24) is 20.3 Å². The molecule has 0 atom stereocenters. The number of nitrogens with zero attached hydrogens (tertiary/aromatic N) is 3. The van der Waals surface area contributed by atoms with Gasteiger partial charge in [0, 0.05) is 17.8 Å². The van der Waals surface area contributed by atoms with Crippen LogP contribution < -0.4 is 10.6 Å². The first-order chi connectivity index (χ1) is 13.3. The molecule has 0 fully saturated rings. The molecule has 27 heavy (non-hydrogen) atoms. The van der Waals surface area contributed by atoms with Gasteiger partial charge in [-0.25, -0.2) is 4.98 Å². The van der Waals surface area contributed by atoms with Crippen molar-refractivity contribution < 1.29 is 9.21 Å². The number of nitrogens with one attached hydrogen (secondary N) is 2. The number of rotatable bonds is 6. The van der Waals surface area contributed by atoms with Crippen LogP contribution in [0.4, 0.5) is 5.69 Å². The average Bonchev–Trinajstić information content (AvgIpc) is 3.24. The van der Waals surface area contributed by atoms with Gasteiger partial charge in [0.2, 0.25) is 0 Å². The third-order valence-electron chi connectivity index (χ3n) is 4.02. The monoisotopic (exact) mass is 359 g/mol. The number of hydrogen-bond acceptors (Lipinski definition) is 6. The third kappa shape index (κ3) is 3.92. The molecule has 7 heteroatoms. The second-order valence-electron chi connectivity index (χ2n) is 5.89. The molecule has 0 aliphatic rings. The van der Waals surface area contributed by atoms with E-state index in [4.69, 9.17) is 4.42 Å². The smallest absolute Gasteiger partial charge is 0.270 e. The van der Waals surface area contributed by atoms with Crippen LogP contribution in [0.25, 0.3) is 10.9 Å². The van der Waals surface area contributed by atoms with Gasteiger partial charge in [0.15, 0.2) is 0 Å². The van der Waals surface area contributed by atoms with Crippen molar-refractivity contribution in [2.24, 2.45) is 0 Å². The lowest BCUT2D eigenvalue weighted by molar-refractivity contribution is 0.0943. The minimum atomic E-state index is -0.263. The fraction of sp³-hybridized carbons (Fsp3) is 0.100. The lowest BCUT2D eigenvalue weighted by atomic mass is 10.2. The highest BCUT2D eigenvalue weighted by Crippen LogP contribution is 2.21. The van der Waals surface area contributed by atoms with Gasteiger partial charge in [-0.3, -0.25) is 14.8 Å². The first kappa shape index (κ1) is 16.7. The van der Waals surface area contributed by atoms with Crippen LogP contribution in [0, 0.1) is 0 Å². The molecule has 0 radical (unpaired) electrons. The van der Waals surface area contributed by atoms with Gasteiger partial charge in [0.1, 0.15) is 11.5 Å². The zero-order valence-corrected chi connectivity index (χ0v) is 14.4. The highest BCUT2D eigenvalue weighted by molar-refractivity contribution is 5.97. The van der Waals surface area contributed by atoms with Crippen molar-refractivity contribution in [3.63, 3.8) is 0 Å². The molecule has 0 saturated carbocycles. The van der Waals surface area contributed by atoms with Gasteiger partial charge in [0.05, 0.1) is 42.4 Å². The molecule has 1 amide bonds. The lowest BCUT2D eigenvalue weighted by Crippen LogP contribution is -2.23. The van der Waals surface area contributed by atoms with Crippen molar-refractivity contribution in [1.29, 1.82) is 0 Å². The van der Waals surface area contributed by atoms with Crippen molar-refractivity contribution in [3.8, 4) is 0 Å². The Morgan fingerprint density at radius 2 is 2.00 bits per heavy atom. The molecule has 2 N–H and O–H groups in total. The molecule has 134 valence electrons. The van der Waals surface area contributed by atoms with E-state index >= 15 is 0 Å². The Hall–Kier alpha value is -3.74. The van der Waals surface area contributed by atoms with Gasteiger partial charge < -0.3 is 15.1 Å². The molecule has 4 aromatic heterocycles. The minimum absolute atomic E-state index is 0.263. The molecule has 0 saturated heterocycles. The second-order valence-corrected chi connectivity index (χ2v) is 5.89. The van der Waals surface area contributed by atoms with E-state index < -0.39 is 0 Å². The number of carbonyl (C=O) groups excluding carboxylic acids is 1. The largest absolute Gasteiger partial charge is 0.467 e. The number of aromatic nitrogens is 3. The maximum Gasteiger partial charge on any atom is 0.270 e.